The van der Waals surface area contributed by atoms with Crippen LogP contribution < -0.4 is 5.32 Å². The summed E-state index contributed by atoms with van der Waals surface area (Å²) in [5, 5.41) is 24.0. The minimum absolute atomic E-state index is 0.0749. The van der Waals surface area contributed by atoms with Gasteiger partial charge in [-0.15, -0.1) is 0 Å². The first kappa shape index (κ1) is 23.2. The van der Waals surface area contributed by atoms with E-state index in [-0.39, 0.29) is 31.0 Å². The lowest BCUT2D eigenvalue weighted by atomic mass is 10.0. The molecule has 7 nitrogen and oxygen atoms in total. The fourth-order valence-corrected chi connectivity index (χ4v) is 6.25. The van der Waals surface area contributed by atoms with Gasteiger partial charge in [-0.2, -0.15) is 11.3 Å². The third-order valence-corrected chi connectivity index (χ3v) is 8.29. The van der Waals surface area contributed by atoms with E-state index in [4.69, 9.17) is 10.5 Å². The molecule has 0 amide bonds. The number of fused-ring (bicyclic) bond motifs is 1. The average molecular weight is 462 g/mol. The van der Waals surface area contributed by atoms with Gasteiger partial charge in [0.1, 0.15) is 5.25 Å². The second-order valence-electron chi connectivity index (χ2n) is 7.73. The maximum atomic E-state index is 13.6. The van der Waals surface area contributed by atoms with Gasteiger partial charge in [-0.1, -0.05) is 6.07 Å². The number of hydrogen-bond donors (Lipinski definition) is 3. The second-order valence-corrected chi connectivity index (χ2v) is 10.5. The summed E-state index contributed by atoms with van der Waals surface area (Å²) in [7, 11) is -2.15. The van der Waals surface area contributed by atoms with Gasteiger partial charge in [-0.05, 0) is 79.4 Å². The van der Waals surface area contributed by atoms with Crippen LogP contribution >= 0.6 is 11.3 Å². The molecule has 0 aliphatic rings. The number of rotatable bonds is 10. The molecule has 0 aliphatic heterocycles. The van der Waals surface area contributed by atoms with Crippen LogP contribution in [0.4, 0.5) is 0 Å². The topological polar surface area (TPSA) is 112 Å². The number of aromatic nitrogens is 1. The normalized spacial score (nSPS) is 13.9. The molecule has 2 atom stereocenters. The van der Waals surface area contributed by atoms with E-state index in [9.17, 15) is 13.2 Å². The first-order valence-corrected chi connectivity index (χ1v) is 12.4. The number of carbonyl (C=O) groups is 1. The third-order valence-electron chi connectivity index (χ3n) is 5.49. The molecule has 0 fully saturated rings. The molecule has 3 rings (SSSR count). The molecule has 166 valence electrons. The number of benzene rings is 1. The quantitative estimate of drug-likeness (QED) is 0.396. The molecular weight excluding hydrogens is 434 g/mol. The van der Waals surface area contributed by atoms with Crippen LogP contribution in [0, 0.1) is 5.41 Å². The number of thiophene rings is 1. The van der Waals surface area contributed by atoms with Crippen molar-refractivity contribution in [3.8, 4) is 11.1 Å². The summed E-state index contributed by atoms with van der Waals surface area (Å²) in [5.41, 5.74) is 3.22. The van der Waals surface area contributed by atoms with Crippen LogP contribution in [0.15, 0.2) is 41.2 Å². The van der Waals surface area contributed by atoms with Crippen molar-refractivity contribution in [2.45, 2.75) is 44.4 Å². The molecule has 2 aromatic heterocycles. The highest BCUT2D eigenvalue weighted by atomic mass is 32.2. The molecule has 0 bridgehead atoms. The van der Waals surface area contributed by atoms with E-state index in [1.54, 1.807) is 24.5 Å². The zero-order chi connectivity index (χ0) is 22.8. The van der Waals surface area contributed by atoms with Crippen LogP contribution in [-0.4, -0.2) is 47.5 Å². The van der Waals surface area contributed by atoms with Gasteiger partial charge in [0.2, 0.25) is 10.0 Å². The first-order chi connectivity index (χ1) is 14.6. The number of carboxylic acid groups (broad SMARTS) is 1. The lowest BCUT2D eigenvalue weighted by molar-refractivity contribution is -0.136. The highest BCUT2D eigenvalue weighted by Gasteiger charge is 2.32. The Bertz CT molecular complexity index is 1200. The molecule has 0 saturated heterocycles. The highest BCUT2D eigenvalue weighted by Crippen LogP contribution is 2.32. The number of nitrogens with zero attached hydrogens (tertiary/aromatic N) is 1. The minimum Gasteiger partial charge on any atom is -0.481 e. The lowest BCUT2D eigenvalue weighted by Gasteiger charge is -2.21. The highest BCUT2D eigenvalue weighted by molar-refractivity contribution is 7.91. The Morgan fingerprint density at radius 3 is 2.61 bits per heavy atom. The molecule has 3 N–H and O–H groups in total. The molecule has 0 radical (unpaired) electrons. The predicted octanol–water partition coefficient (Wildman–Crippen LogP) is 3.97. The van der Waals surface area contributed by atoms with Gasteiger partial charge in [-0.25, -0.2) is 12.4 Å². The molecule has 1 aromatic carbocycles. The van der Waals surface area contributed by atoms with E-state index in [0.717, 1.165) is 16.5 Å². The first-order valence-electron chi connectivity index (χ1n) is 10.00. The van der Waals surface area contributed by atoms with Gasteiger partial charge in [-0.3, -0.25) is 4.79 Å². The monoisotopic (exact) mass is 461 g/mol. The second kappa shape index (κ2) is 9.33. The van der Waals surface area contributed by atoms with E-state index >= 15 is 0 Å². The summed E-state index contributed by atoms with van der Waals surface area (Å²) in [4.78, 5) is 11.2. The fraction of sp³-hybridized carbons (Fsp3) is 0.364. The standard InChI is InChI=1S/C22H27N3O4S2/c1-14(24-3)10-21(15(2)23)31(28,29)25-12-17(5-7-22(26)27)19-11-16(4-6-20(19)25)18-8-9-30-13-18/h4,6,8-9,11-14,21,23-24H,5,7,10H2,1-3H3,(H,26,27). The molecule has 0 spiro atoms. The smallest absolute Gasteiger partial charge is 0.303 e. The van der Waals surface area contributed by atoms with Gasteiger partial charge in [0.05, 0.1) is 5.52 Å². The molecular formula is C22H27N3O4S2. The lowest BCUT2D eigenvalue weighted by Crippen LogP contribution is -2.38. The van der Waals surface area contributed by atoms with Crippen LogP contribution in [0.2, 0.25) is 0 Å². The molecule has 3 aromatic rings. The van der Waals surface area contributed by atoms with Crippen LogP contribution in [0.3, 0.4) is 0 Å². The van der Waals surface area contributed by atoms with Gasteiger partial charge in [0.15, 0.2) is 0 Å². The molecule has 0 aliphatic carbocycles. The Morgan fingerprint density at radius 2 is 2.03 bits per heavy atom. The summed E-state index contributed by atoms with van der Waals surface area (Å²) in [6.45, 7) is 3.39. The number of aliphatic carboxylic acids is 1. The maximum Gasteiger partial charge on any atom is 0.303 e. The molecule has 2 unspecified atom stereocenters. The summed E-state index contributed by atoms with van der Waals surface area (Å²) < 4.78 is 28.4. The average Bonchev–Trinajstić information content (AvgIpc) is 3.37. The summed E-state index contributed by atoms with van der Waals surface area (Å²) in [6.07, 6.45) is 1.93. The molecule has 0 saturated carbocycles. The Hall–Kier alpha value is -2.49. The number of carboxylic acids is 1. The van der Waals surface area contributed by atoms with Gasteiger partial charge in [0.25, 0.3) is 0 Å². The summed E-state index contributed by atoms with van der Waals surface area (Å²) in [5.74, 6) is -0.936. The van der Waals surface area contributed by atoms with E-state index < -0.39 is 21.2 Å². The van der Waals surface area contributed by atoms with E-state index in [2.05, 4.69) is 5.32 Å². The molecule has 31 heavy (non-hydrogen) atoms. The zero-order valence-corrected chi connectivity index (χ0v) is 19.4. The Labute approximate surface area is 186 Å². The predicted molar refractivity (Wildman–Crippen MR) is 126 cm³/mol. The van der Waals surface area contributed by atoms with Crippen molar-refractivity contribution in [1.29, 1.82) is 5.41 Å². The Balaban J connectivity index is 2.16. The zero-order valence-electron chi connectivity index (χ0n) is 17.8. The SMILES string of the molecule is CNC(C)CC(C(C)=N)S(=O)(=O)n1cc(CCC(=O)O)c2cc(-c3ccsc3)ccc21. The van der Waals surface area contributed by atoms with Crippen LogP contribution in [0.25, 0.3) is 22.0 Å². The van der Waals surface area contributed by atoms with Crippen molar-refractivity contribution < 1.29 is 18.3 Å². The summed E-state index contributed by atoms with van der Waals surface area (Å²) >= 11 is 1.57. The number of aryl methyl sites for hydroxylation is 1. The van der Waals surface area contributed by atoms with Crippen molar-refractivity contribution in [2.75, 3.05) is 7.05 Å². The fourth-order valence-electron chi connectivity index (χ4n) is 3.62. The van der Waals surface area contributed by atoms with Crippen molar-refractivity contribution in [3.63, 3.8) is 0 Å². The van der Waals surface area contributed by atoms with Crippen LogP contribution in [-0.2, 0) is 21.2 Å². The van der Waals surface area contributed by atoms with Crippen molar-refractivity contribution >= 4 is 43.9 Å². The van der Waals surface area contributed by atoms with Gasteiger partial charge >= 0.3 is 5.97 Å². The molecule has 2 heterocycles. The summed E-state index contributed by atoms with van der Waals surface area (Å²) in [6, 6.07) is 7.47. The van der Waals surface area contributed by atoms with E-state index in [0.29, 0.717) is 11.1 Å². The van der Waals surface area contributed by atoms with E-state index in [1.807, 2.05) is 35.9 Å². The van der Waals surface area contributed by atoms with Crippen molar-refractivity contribution in [1.82, 2.24) is 9.29 Å². The van der Waals surface area contributed by atoms with Crippen LogP contribution in [0.5, 0.6) is 0 Å². The number of nitrogens with one attached hydrogen (secondary N) is 2. The molecule has 9 heteroatoms. The number of hydrogen-bond acceptors (Lipinski definition) is 6. The Morgan fingerprint density at radius 1 is 1.29 bits per heavy atom. The van der Waals surface area contributed by atoms with Crippen molar-refractivity contribution in [2.24, 2.45) is 0 Å². The largest absolute Gasteiger partial charge is 0.481 e. The van der Waals surface area contributed by atoms with Crippen molar-refractivity contribution in [3.05, 3.63) is 46.8 Å². The van der Waals surface area contributed by atoms with E-state index in [1.165, 1.54) is 17.1 Å². The van der Waals surface area contributed by atoms with Gasteiger partial charge in [0, 0.05) is 29.8 Å². The Kier molecular flexibility index (Phi) is 6.98. The minimum atomic E-state index is -3.91. The third kappa shape index (κ3) is 4.89. The van der Waals surface area contributed by atoms with Gasteiger partial charge < -0.3 is 15.8 Å². The maximum absolute atomic E-state index is 13.6. The van der Waals surface area contributed by atoms with Crippen LogP contribution in [0.1, 0.15) is 32.3 Å².